The zero-order valence-electron chi connectivity index (χ0n) is 10.1. The summed E-state index contributed by atoms with van der Waals surface area (Å²) in [6.07, 6.45) is 0.345. The zero-order chi connectivity index (χ0) is 12.4. The Balaban J connectivity index is 2.11. The minimum absolute atomic E-state index is 0.173. The number of halogens is 1. The molecule has 1 aromatic carbocycles. The molecule has 1 aliphatic rings. The molecule has 1 saturated heterocycles. The molecule has 1 aliphatic heterocycles. The van der Waals surface area contributed by atoms with Gasteiger partial charge < -0.3 is 9.64 Å². The second-order valence-corrected chi connectivity index (χ2v) is 4.95. The van der Waals surface area contributed by atoms with Crippen molar-refractivity contribution in [3.8, 4) is 0 Å². The number of benzene rings is 1. The molecule has 1 heterocycles. The van der Waals surface area contributed by atoms with E-state index >= 15 is 0 Å². The van der Waals surface area contributed by atoms with Gasteiger partial charge in [0.15, 0.2) is 0 Å². The third-order valence-corrected chi connectivity index (χ3v) is 3.11. The van der Waals surface area contributed by atoms with Gasteiger partial charge in [-0.2, -0.15) is 0 Å². The van der Waals surface area contributed by atoms with E-state index in [2.05, 4.69) is 4.90 Å². The lowest BCUT2D eigenvalue weighted by Crippen LogP contribution is -2.48. The summed E-state index contributed by atoms with van der Waals surface area (Å²) in [5.41, 5.74) is 0.899. The fourth-order valence-corrected chi connectivity index (χ4v) is 2.28. The van der Waals surface area contributed by atoms with Gasteiger partial charge in [-0.25, -0.2) is 0 Å². The third-order valence-electron chi connectivity index (χ3n) is 2.85. The Morgan fingerprint density at radius 1 is 1.24 bits per heavy atom. The lowest BCUT2D eigenvalue weighted by atomic mass is 10.1. The highest BCUT2D eigenvalue weighted by Gasteiger charge is 2.24. The Kier molecular flexibility index (Phi) is 3.69. The molecule has 2 atom stereocenters. The van der Waals surface area contributed by atoms with Crippen molar-refractivity contribution >= 4 is 17.4 Å². The maximum Gasteiger partial charge on any atom is 0.128 e. The molecule has 0 aliphatic carbocycles. The van der Waals surface area contributed by atoms with Crippen LogP contribution in [-0.2, 0) is 4.74 Å². The van der Waals surface area contributed by atoms with E-state index in [-0.39, 0.29) is 12.2 Å². The zero-order valence-corrected chi connectivity index (χ0v) is 10.9. The maximum atomic E-state index is 8.20. The van der Waals surface area contributed by atoms with Crippen LogP contribution in [0.15, 0.2) is 24.3 Å². The van der Waals surface area contributed by atoms with Gasteiger partial charge in [0.25, 0.3) is 0 Å². The molecule has 3 nitrogen and oxygen atoms in total. The van der Waals surface area contributed by atoms with Crippen LogP contribution in [0.25, 0.3) is 0 Å². The molecule has 0 aromatic heterocycles. The topological polar surface area (TPSA) is 36.3 Å². The average molecular weight is 253 g/mol. The molecule has 0 saturated carbocycles. The number of hydrogen-bond donors (Lipinski definition) is 1. The van der Waals surface area contributed by atoms with Gasteiger partial charge in [-0.15, -0.1) is 0 Å². The van der Waals surface area contributed by atoms with E-state index in [1.807, 2.05) is 38.1 Å². The predicted molar refractivity (Wildman–Crippen MR) is 69.9 cm³/mol. The van der Waals surface area contributed by atoms with Crippen LogP contribution in [0.1, 0.15) is 19.4 Å². The van der Waals surface area contributed by atoms with Crippen molar-refractivity contribution in [2.45, 2.75) is 26.1 Å². The van der Waals surface area contributed by atoms with Crippen molar-refractivity contribution in [3.63, 3.8) is 0 Å². The van der Waals surface area contributed by atoms with Crippen LogP contribution in [-0.4, -0.2) is 36.0 Å². The number of rotatable bonds is 1. The molecule has 0 radical (unpaired) electrons. The average Bonchev–Trinajstić information content (AvgIpc) is 2.28. The molecule has 4 heteroatoms. The van der Waals surface area contributed by atoms with Crippen molar-refractivity contribution in [1.29, 1.82) is 5.41 Å². The van der Waals surface area contributed by atoms with E-state index in [0.717, 1.165) is 18.7 Å². The van der Waals surface area contributed by atoms with Crippen LogP contribution in [0.5, 0.6) is 0 Å². The van der Waals surface area contributed by atoms with Crippen LogP contribution < -0.4 is 0 Å². The first-order valence-electron chi connectivity index (χ1n) is 5.81. The summed E-state index contributed by atoms with van der Waals surface area (Å²) in [6.45, 7) is 5.62. The van der Waals surface area contributed by atoms with Gasteiger partial charge in [0.05, 0.1) is 12.2 Å². The first-order valence-corrected chi connectivity index (χ1v) is 6.19. The maximum absolute atomic E-state index is 8.20. The van der Waals surface area contributed by atoms with Crippen LogP contribution in [0.4, 0.5) is 0 Å². The Labute approximate surface area is 107 Å². The summed E-state index contributed by atoms with van der Waals surface area (Å²) in [7, 11) is 0. The van der Waals surface area contributed by atoms with Gasteiger partial charge in [0, 0.05) is 23.7 Å². The highest BCUT2D eigenvalue weighted by atomic mass is 35.5. The summed E-state index contributed by atoms with van der Waals surface area (Å²) in [5, 5.41) is 8.90. The Morgan fingerprint density at radius 2 is 1.76 bits per heavy atom. The molecule has 0 spiro atoms. The minimum Gasteiger partial charge on any atom is -0.372 e. The lowest BCUT2D eigenvalue weighted by molar-refractivity contribution is -0.0480. The van der Waals surface area contributed by atoms with E-state index in [0.29, 0.717) is 10.9 Å². The van der Waals surface area contributed by atoms with Crippen molar-refractivity contribution < 1.29 is 4.74 Å². The fourth-order valence-electron chi connectivity index (χ4n) is 2.15. The number of nitrogens with zero attached hydrogens (tertiary/aromatic N) is 1. The number of amidine groups is 1. The molecule has 0 bridgehead atoms. The van der Waals surface area contributed by atoms with Crippen LogP contribution in [0, 0.1) is 5.41 Å². The number of nitrogens with one attached hydrogen (secondary N) is 1. The Bertz CT molecular complexity index is 394. The molecular weight excluding hydrogens is 236 g/mol. The second-order valence-electron chi connectivity index (χ2n) is 4.52. The minimum atomic E-state index is 0.173. The SMILES string of the molecule is CC1CN(C(=N)c2ccc(Cl)cc2)CC(C)O1. The molecule has 2 unspecified atom stereocenters. The summed E-state index contributed by atoms with van der Waals surface area (Å²) >= 11 is 5.84. The van der Waals surface area contributed by atoms with E-state index in [9.17, 15) is 0 Å². The number of morpholine rings is 1. The van der Waals surface area contributed by atoms with E-state index in [1.54, 1.807) is 0 Å². The summed E-state index contributed by atoms with van der Waals surface area (Å²) in [6, 6.07) is 7.41. The van der Waals surface area contributed by atoms with Gasteiger partial charge in [-0.05, 0) is 38.1 Å². The predicted octanol–water partition coefficient (Wildman–Crippen LogP) is 2.77. The van der Waals surface area contributed by atoms with Gasteiger partial charge in [-0.1, -0.05) is 11.6 Å². The van der Waals surface area contributed by atoms with Gasteiger partial charge >= 0.3 is 0 Å². The van der Waals surface area contributed by atoms with E-state index in [1.165, 1.54) is 0 Å². The number of ether oxygens (including phenoxy) is 1. The Hall–Kier alpha value is -1.06. The smallest absolute Gasteiger partial charge is 0.128 e. The highest BCUT2D eigenvalue weighted by Crippen LogP contribution is 2.16. The molecular formula is C13H17ClN2O. The molecule has 17 heavy (non-hydrogen) atoms. The van der Waals surface area contributed by atoms with Crippen molar-refractivity contribution in [1.82, 2.24) is 4.90 Å². The summed E-state index contributed by atoms with van der Waals surface area (Å²) in [4.78, 5) is 2.06. The van der Waals surface area contributed by atoms with E-state index < -0.39 is 0 Å². The summed E-state index contributed by atoms with van der Waals surface area (Å²) < 4.78 is 5.66. The molecule has 2 rings (SSSR count). The lowest BCUT2D eigenvalue weighted by Gasteiger charge is -2.36. The third kappa shape index (κ3) is 2.99. The van der Waals surface area contributed by atoms with Gasteiger partial charge in [0.2, 0.25) is 0 Å². The second kappa shape index (κ2) is 5.07. The summed E-state index contributed by atoms with van der Waals surface area (Å²) in [5.74, 6) is 0.545. The molecule has 1 aromatic rings. The van der Waals surface area contributed by atoms with Gasteiger partial charge in [-0.3, -0.25) is 5.41 Å². The van der Waals surface area contributed by atoms with Crippen molar-refractivity contribution in [2.24, 2.45) is 0 Å². The fraction of sp³-hybridized carbons (Fsp3) is 0.462. The first-order chi connectivity index (χ1) is 8.06. The van der Waals surface area contributed by atoms with Crippen LogP contribution in [0.2, 0.25) is 5.02 Å². The standard InChI is InChI=1S/C13H17ClN2O/c1-9-7-16(8-10(2)17-9)13(15)11-3-5-12(14)6-4-11/h3-6,9-10,15H,7-8H2,1-2H3. The monoisotopic (exact) mass is 252 g/mol. The molecule has 0 amide bonds. The van der Waals surface area contributed by atoms with Crippen molar-refractivity contribution in [2.75, 3.05) is 13.1 Å². The molecule has 92 valence electrons. The largest absolute Gasteiger partial charge is 0.372 e. The molecule has 1 fully saturated rings. The normalized spacial score (nSPS) is 24.8. The van der Waals surface area contributed by atoms with Gasteiger partial charge in [0.1, 0.15) is 5.84 Å². The van der Waals surface area contributed by atoms with Crippen LogP contribution in [0.3, 0.4) is 0 Å². The first kappa shape index (κ1) is 12.4. The highest BCUT2D eigenvalue weighted by molar-refractivity contribution is 6.30. The Morgan fingerprint density at radius 3 is 2.29 bits per heavy atom. The van der Waals surface area contributed by atoms with Crippen molar-refractivity contribution in [3.05, 3.63) is 34.9 Å². The van der Waals surface area contributed by atoms with Crippen LogP contribution >= 0.6 is 11.6 Å². The number of hydrogen-bond acceptors (Lipinski definition) is 2. The molecule has 1 N–H and O–H groups in total. The quantitative estimate of drug-likeness (QED) is 0.616. The van der Waals surface area contributed by atoms with E-state index in [4.69, 9.17) is 21.7 Å².